The summed E-state index contributed by atoms with van der Waals surface area (Å²) in [7, 11) is 0. The average molecular weight is 170 g/mol. The summed E-state index contributed by atoms with van der Waals surface area (Å²) in [6, 6.07) is 0. The monoisotopic (exact) mass is 170 g/mol. The van der Waals surface area contributed by atoms with E-state index in [1.807, 2.05) is 0 Å². The van der Waals surface area contributed by atoms with Gasteiger partial charge in [-0.15, -0.1) is 0 Å². The van der Waals surface area contributed by atoms with E-state index in [-0.39, 0.29) is 5.92 Å². The minimum atomic E-state index is -0.585. The van der Waals surface area contributed by atoms with E-state index in [9.17, 15) is 4.79 Å². The van der Waals surface area contributed by atoms with Crippen molar-refractivity contribution in [3.05, 3.63) is 0 Å². The van der Waals surface area contributed by atoms with Gasteiger partial charge in [0.05, 0.1) is 5.92 Å². The van der Waals surface area contributed by atoms with Crippen LogP contribution >= 0.6 is 0 Å². The van der Waals surface area contributed by atoms with E-state index < -0.39 is 5.97 Å². The van der Waals surface area contributed by atoms with Crippen LogP contribution in [0.25, 0.3) is 0 Å². The van der Waals surface area contributed by atoms with Crippen molar-refractivity contribution in [2.75, 3.05) is 0 Å². The van der Waals surface area contributed by atoms with E-state index in [2.05, 4.69) is 13.8 Å². The number of hydrogen-bond donors (Lipinski definition) is 1. The summed E-state index contributed by atoms with van der Waals surface area (Å²) < 4.78 is 0. The molecule has 70 valence electrons. The molecule has 0 radical (unpaired) electrons. The molecular formula is C10H18O2. The van der Waals surface area contributed by atoms with Crippen LogP contribution in [-0.4, -0.2) is 11.1 Å². The molecular weight excluding hydrogens is 152 g/mol. The van der Waals surface area contributed by atoms with Crippen LogP contribution in [0.3, 0.4) is 0 Å². The highest BCUT2D eigenvalue weighted by atomic mass is 16.4. The Labute approximate surface area is 74.0 Å². The van der Waals surface area contributed by atoms with E-state index in [4.69, 9.17) is 5.11 Å². The summed E-state index contributed by atoms with van der Waals surface area (Å²) in [5.74, 6) is 0.419. The largest absolute Gasteiger partial charge is 0.481 e. The molecule has 1 rings (SSSR count). The van der Waals surface area contributed by atoms with Crippen LogP contribution in [0.5, 0.6) is 0 Å². The van der Waals surface area contributed by atoms with Gasteiger partial charge in [0.2, 0.25) is 0 Å². The predicted molar refractivity (Wildman–Crippen MR) is 47.9 cm³/mol. The second-order valence-corrected chi connectivity index (χ2v) is 4.07. The molecule has 2 heteroatoms. The molecule has 1 aliphatic rings. The highest BCUT2D eigenvalue weighted by Gasteiger charge is 2.35. The molecule has 0 aromatic carbocycles. The first-order chi connectivity index (χ1) is 5.65. The summed E-state index contributed by atoms with van der Waals surface area (Å²) in [4.78, 5) is 10.8. The summed E-state index contributed by atoms with van der Waals surface area (Å²) >= 11 is 0. The lowest BCUT2D eigenvalue weighted by molar-refractivity contribution is -0.143. The number of carbonyl (C=O) groups is 1. The molecule has 0 spiro atoms. The molecule has 3 atom stereocenters. The van der Waals surface area contributed by atoms with Crippen molar-refractivity contribution in [3.8, 4) is 0 Å². The van der Waals surface area contributed by atoms with Crippen LogP contribution in [0, 0.1) is 17.8 Å². The molecule has 12 heavy (non-hydrogen) atoms. The summed E-state index contributed by atoms with van der Waals surface area (Å²) in [5.41, 5.74) is 0. The van der Waals surface area contributed by atoms with Crippen molar-refractivity contribution < 1.29 is 9.90 Å². The van der Waals surface area contributed by atoms with Crippen molar-refractivity contribution in [3.63, 3.8) is 0 Å². The number of carboxylic acids is 1. The highest BCUT2D eigenvalue weighted by molar-refractivity contribution is 5.70. The zero-order chi connectivity index (χ0) is 9.14. The lowest BCUT2D eigenvalue weighted by atomic mass is 9.92. The maximum absolute atomic E-state index is 10.8. The second kappa shape index (κ2) is 3.92. The molecule has 2 nitrogen and oxygen atoms in total. The molecule has 1 fully saturated rings. The molecule has 3 unspecified atom stereocenters. The Bertz CT molecular complexity index is 165. The van der Waals surface area contributed by atoms with Gasteiger partial charge in [-0.05, 0) is 31.1 Å². The number of hydrogen-bond acceptors (Lipinski definition) is 1. The van der Waals surface area contributed by atoms with Gasteiger partial charge in [-0.2, -0.15) is 0 Å². The van der Waals surface area contributed by atoms with Crippen LogP contribution in [0.4, 0.5) is 0 Å². The summed E-state index contributed by atoms with van der Waals surface area (Å²) in [5, 5.41) is 8.93. The maximum Gasteiger partial charge on any atom is 0.306 e. The molecule has 0 bridgehead atoms. The molecule has 0 amide bonds. The first-order valence-electron chi connectivity index (χ1n) is 4.88. The van der Waals surface area contributed by atoms with Crippen LogP contribution in [-0.2, 0) is 4.79 Å². The summed E-state index contributed by atoms with van der Waals surface area (Å²) in [6.07, 6.45) is 4.20. The summed E-state index contributed by atoms with van der Waals surface area (Å²) in [6.45, 7) is 4.29. The lowest BCUT2D eigenvalue weighted by Crippen LogP contribution is -2.17. The van der Waals surface area contributed by atoms with Gasteiger partial charge < -0.3 is 5.11 Å². The molecule has 1 saturated carbocycles. The van der Waals surface area contributed by atoms with Crippen LogP contribution in [0.2, 0.25) is 0 Å². The van der Waals surface area contributed by atoms with Gasteiger partial charge in [-0.25, -0.2) is 0 Å². The Morgan fingerprint density at radius 3 is 2.67 bits per heavy atom. The molecule has 0 saturated heterocycles. The molecule has 0 aliphatic heterocycles. The molecule has 1 N–H and O–H groups in total. The molecule has 0 aromatic rings. The fourth-order valence-corrected chi connectivity index (χ4v) is 2.40. The lowest BCUT2D eigenvalue weighted by Gasteiger charge is -2.13. The van der Waals surface area contributed by atoms with Crippen molar-refractivity contribution in [1.29, 1.82) is 0 Å². The van der Waals surface area contributed by atoms with E-state index in [1.165, 1.54) is 0 Å². The Morgan fingerprint density at radius 2 is 2.17 bits per heavy atom. The van der Waals surface area contributed by atoms with Crippen LogP contribution in [0.15, 0.2) is 0 Å². The minimum absolute atomic E-state index is 0.0556. The highest BCUT2D eigenvalue weighted by Crippen LogP contribution is 2.38. The fourth-order valence-electron chi connectivity index (χ4n) is 2.40. The van der Waals surface area contributed by atoms with E-state index in [0.29, 0.717) is 11.8 Å². The van der Waals surface area contributed by atoms with Gasteiger partial charge in [0.15, 0.2) is 0 Å². The quantitative estimate of drug-likeness (QED) is 0.706. The van der Waals surface area contributed by atoms with Gasteiger partial charge in [0.1, 0.15) is 0 Å². The third kappa shape index (κ3) is 1.99. The molecule has 1 aliphatic carbocycles. The van der Waals surface area contributed by atoms with E-state index in [0.717, 1.165) is 25.7 Å². The van der Waals surface area contributed by atoms with Gasteiger partial charge in [0.25, 0.3) is 0 Å². The second-order valence-electron chi connectivity index (χ2n) is 4.07. The van der Waals surface area contributed by atoms with Gasteiger partial charge in [-0.1, -0.05) is 20.3 Å². The van der Waals surface area contributed by atoms with Crippen molar-refractivity contribution in [1.82, 2.24) is 0 Å². The number of carboxylic acid groups (broad SMARTS) is 1. The molecule has 0 heterocycles. The standard InChI is InChI=1S/C10H18O2/c1-3-4-8-5-7(2)6-9(8)10(11)12/h7-9H,3-6H2,1-2H3,(H,11,12). The fraction of sp³-hybridized carbons (Fsp3) is 0.900. The normalized spacial score (nSPS) is 35.3. The minimum Gasteiger partial charge on any atom is -0.481 e. The zero-order valence-electron chi connectivity index (χ0n) is 7.92. The number of rotatable bonds is 3. The van der Waals surface area contributed by atoms with Crippen molar-refractivity contribution >= 4 is 5.97 Å². The topological polar surface area (TPSA) is 37.3 Å². The SMILES string of the molecule is CCCC1CC(C)CC1C(=O)O. The third-order valence-corrected chi connectivity index (χ3v) is 2.91. The van der Waals surface area contributed by atoms with Gasteiger partial charge >= 0.3 is 5.97 Å². The van der Waals surface area contributed by atoms with Crippen molar-refractivity contribution in [2.45, 2.75) is 39.5 Å². The first-order valence-corrected chi connectivity index (χ1v) is 4.88. The Hall–Kier alpha value is -0.530. The predicted octanol–water partition coefficient (Wildman–Crippen LogP) is 2.53. The Balaban J connectivity index is 2.53. The maximum atomic E-state index is 10.8. The number of aliphatic carboxylic acids is 1. The average Bonchev–Trinajstić information content (AvgIpc) is 2.32. The first kappa shape index (κ1) is 9.56. The Morgan fingerprint density at radius 1 is 1.50 bits per heavy atom. The Kier molecular flexibility index (Phi) is 3.12. The third-order valence-electron chi connectivity index (χ3n) is 2.91. The van der Waals surface area contributed by atoms with Crippen molar-refractivity contribution in [2.24, 2.45) is 17.8 Å². The van der Waals surface area contributed by atoms with Gasteiger partial charge in [-0.3, -0.25) is 4.79 Å². The van der Waals surface area contributed by atoms with Crippen LogP contribution < -0.4 is 0 Å². The zero-order valence-corrected chi connectivity index (χ0v) is 7.92. The van der Waals surface area contributed by atoms with E-state index in [1.54, 1.807) is 0 Å². The van der Waals surface area contributed by atoms with Gasteiger partial charge in [0, 0.05) is 0 Å². The molecule has 0 aromatic heterocycles. The van der Waals surface area contributed by atoms with E-state index >= 15 is 0 Å². The van der Waals surface area contributed by atoms with Crippen LogP contribution in [0.1, 0.15) is 39.5 Å². The smallest absolute Gasteiger partial charge is 0.306 e.